The molecule has 0 aliphatic rings. The Balaban J connectivity index is 2.28. The summed E-state index contributed by atoms with van der Waals surface area (Å²) >= 11 is 0. The third kappa shape index (κ3) is 6.41. The highest BCUT2D eigenvalue weighted by Crippen LogP contribution is 2.35. The highest BCUT2D eigenvalue weighted by molar-refractivity contribution is 5.95. The molecule has 2 amide bonds. The number of carbonyl (C=O) groups is 2. The Labute approximate surface area is 132 Å². The van der Waals surface area contributed by atoms with Gasteiger partial charge in [-0.1, -0.05) is 0 Å². The molecule has 1 aromatic rings. The second kappa shape index (κ2) is 9.49. The van der Waals surface area contributed by atoms with Crippen LogP contribution < -0.4 is 10.6 Å². The SMILES string of the molecule is COCCOCC(=O)NCCNC(=O)c1cc(O)c(O)c(O)c1. The van der Waals surface area contributed by atoms with Crippen molar-refractivity contribution >= 4 is 11.8 Å². The fourth-order valence-electron chi connectivity index (χ4n) is 1.57. The van der Waals surface area contributed by atoms with E-state index < -0.39 is 23.2 Å². The van der Waals surface area contributed by atoms with E-state index in [1.54, 1.807) is 0 Å². The highest BCUT2D eigenvalue weighted by atomic mass is 16.5. The minimum atomic E-state index is -0.692. The molecule has 0 heterocycles. The number of hydrogen-bond donors (Lipinski definition) is 5. The Kier molecular flexibility index (Phi) is 7.64. The van der Waals surface area contributed by atoms with Crippen LogP contribution in [-0.4, -0.2) is 67.2 Å². The van der Waals surface area contributed by atoms with Crippen molar-refractivity contribution in [2.24, 2.45) is 0 Å². The lowest BCUT2D eigenvalue weighted by Gasteiger charge is -2.09. The first-order valence-corrected chi connectivity index (χ1v) is 6.82. The van der Waals surface area contributed by atoms with Crippen LogP contribution in [0, 0.1) is 0 Å². The van der Waals surface area contributed by atoms with E-state index >= 15 is 0 Å². The van der Waals surface area contributed by atoms with Gasteiger partial charge in [-0.3, -0.25) is 9.59 Å². The van der Waals surface area contributed by atoms with Crippen LogP contribution in [0.25, 0.3) is 0 Å². The first-order chi connectivity index (χ1) is 11.0. The van der Waals surface area contributed by atoms with E-state index in [9.17, 15) is 24.9 Å². The summed E-state index contributed by atoms with van der Waals surface area (Å²) in [7, 11) is 1.53. The summed E-state index contributed by atoms with van der Waals surface area (Å²) in [4.78, 5) is 23.1. The molecule has 0 radical (unpaired) electrons. The zero-order valence-electron chi connectivity index (χ0n) is 12.7. The number of rotatable bonds is 9. The van der Waals surface area contributed by atoms with E-state index in [1.165, 1.54) is 7.11 Å². The van der Waals surface area contributed by atoms with Crippen molar-refractivity contribution in [1.29, 1.82) is 0 Å². The number of hydrogen-bond acceptors (Lipinski definition) is 7. The molecular weight excluding hydrogens is 308 g/mol. The Morgan fingerprint density at radius 3 is 2.26 bits per heavy atom. The number of carbonyl (C=O) groups excluding carboxylic acids is 2. The minimum Gasteiger partial charge on any atom is -0.504 e. The molecule has 9 nitrogen and oxygen atoms in total. The summed E-state index contributed by atoms with van der Waals surface area (Å²) in [5.41, 5.74) is -0.0213. The van der Waals surface area contributed by atoms with E-state index in [-0.39, 0.29) is 31.2 Å². The van der Waals surface area contributed by atoms with Gasteiger partial charge >= 0.3 is 0 Å². The predicted molar refractivity (Wildman–Crippen MR) is 79.5 cm³/mol. The van der Waals surface area contributed by atoms with Crippen molar-refractivity contribution in [2.75, 3.05) is 40.0 Å². The molecule has 0 atom stereocenters. The fraction of sp³-hybridized carbons (Fsp3) is 0.429. The molecular formula is C14H20N2O7. The lowest BCUT2D eigenvalue weighted by molar-refractivity contribution is -0.126. The molecule has 5 N–H and O–H groups in total. The largest absolute Gasteiger partial charge is 0.504 e. The summed E-state index contributed by atoms with van der Waals surface area (Å²) in [6.45, 7) is 0.945. The van der Waals surface area contributed by atoms with Crippen molar-refractivity contribution in [1.82, 2.24) is 10.6 Å². The Morgan fingerprint density at radius 2 is 1.65 bits per heavy atom. The van der Waals surface area contributed by atoms with Gasteiger partial charge in [0.25, 0.3) is 5.91 Å². The van der Waals surface area contributed by atoms with Gasteiger partial charge in [0.05, 0.1) is 13.2 Å². The molecule has 0 bridgehead atoms. The van der Waals surface area contributed by atoms with Crippen LogP contribution in [0.5, 0.6) is 17.2 Å². The highest BCUT2D eigenvalue weighted by Gasteiger charge is 2.13. The molecule has 0 unspecified atom stereocenters. The normalized spacial score (nSPS) is 10.3. The molecule has 0 aliphatic carbocycles. The van der Waals surface area contributed by atoms with Gasteiger partial charge in [-0.2, -0.15) is 0 Å². The monoisotopic (exact) mass is 328 g/mol. The molecule has 0 fully saturated rings. The van der Waals surface area contributed by atoms with Crippen molar-refractivity contribution in [3.05, 3.63) is 17.7 Å². The Bertz CT molecular complexity index is 525. The first-order valence-electron chi connectivity index (χ1n) is 6.82. The van der Waals surface area contributed by atoms with Crippen molar-refractivity contribution in [3.63, 3.8) is 0 Å². The van der Waals surface area contributed by atoms with Gasteiger partial charge in [0.1, 0.15) is 6.61 Å². The molecule has 0 saturated heterocycles. The summed E-state index contributed by atoms with van der Waals surface area (Å²) in [6, 6.07) is 2.04. The lowest BCUT2D eigenvalue weighted by Crippen LogP contribution is -2.36. The standard InChI is InChI=1S/C14H20N2O7/c1-22-4-5-23-8-12(19)15-2-3-16-14(21)9-6-10(17)13(20)11(18)7-9/h6-7,17-18,20H,2-5,8H2,1H3,(H,15,19)(H,16,21). The van der Waals surface area contributed by atoms with E-state index in [4.69, 9.17) is 9.47 Å². The smallest absolute Gasteiger partial charge is 0.251 e. The van der Waals surface area contributed by atoms with Crippen molar-refractivity contribution < 1.29 is 34.4 Å². The van der Waals surface area contributed by atoms with Gasteiger partial charge in [-0.25, -0.2) is 0 Å². The van der Waals surface area contributed by atoms with Gasteiger partial charge in [0, 0.05) is 25.8 Å². The van der Waals surface area contributed by atoms with Crippen LogP contribution >= 0.6 is 0 Å². The van der Waals surface area contributed by atoms with E-state index in [0.29, 0.717) is 13.2 Å². The summed E-state index contributed by atoms with van der Waals surface area (Å²) < 4.78 is 9.78. The van der Waals surface area contributed by atoms with E-state index in [0.717, 1.165) is 12.1 Å². The van der Waals surface area contributed by atoms with Crippen LogP contribution in [-0.2, 0) is 14.3 Å². The third-order valence-corrected chi connectivity index (χ3v) is 2.73. The second-order valence-corrected chi connectivity index (χ2v) is 4.51. The minimum absolute atomic E-state index is 0.0213. The second-order valence-electron chi connectivity index (χ2n) is 4.51. The number of benzene rings is 1. The Hall–Kier alpha value is -2.52. The maximum atomic E-state index is 11.8. The van der Waals surface area contributed by atoms with Gasteiger partial charge < -0.3 is 35.4 Å². The van der Waals surface area contributed by atoms with Gasteiger partial charge in [-0.05, 0) is 12.1 Å². The number of methoxy groups -OCH3 is 1. The summed E-state index contributed by atoms with van der Waals surface area (Å²) in [6.07, 6.45) is 0. The Morgan fingerprint density at radius 1 is 1.04 bits per heavy atom. The number of ether oxygens (including phenoxy) is 2. The molecule has 0 saturated carbocycles. The number of nitrogens with one attached hydrogen (secondary N) is 2. The number of aromatic hydroxyl groups is 3. The third-order valence-electron chi connectivity index (χ3n) is 2.73. The van der Waals surface area contributed by atoms with Crippen LogP contribution in [0.4, 0.5) is 0 Å². The molecule has 9 heteroatoms. The van der Waals surface area contributed by atoms with Gasteiger partial charge in [0.15, 0.2) is 17.2 Å². The predicted octanol–water partition coefficient (Wildman–Crippen LogP) is -0.688. The van der Waals surface area contributed by atoms with Crippen LogP contribution in [0.3, 0.4) is 0 Å². The molecule has 0 aromatic heterocycles. The van der Waals surface area contributed by atoms with Gasteiger partial charge in [-0.15, -0.1) is 0 Å². The number of phenolic OH excluding ortho intramolecular Hbond substituents is 3. The fourth-order valence-corrected chi connectivity index (χ4v) is 1.57. The van der Waals surface area contributed by atoms with Crippen molar-refractivity contribution in [2.45, 2.75) is 0 Å². The summed E-state index contributed by atoms with van der Waals surface area (Å²) in [5, 5.41) is 32.9. The maximum absolute atomic E-state index is 11.8. The van der Waals surface area contributed by atoms with E-state index in [1.807, 2.05) is 0 Å². The van der Waals surface area contributed by atoms with Crippen LogP contribution in [0.2, 0.25) is 0 Å². The van der Waals surface area contributed by atoms with Crippen LogP contribution in [0.15, 0.2) is 12.1 Å². The number of amides is 2. The molecule has 1 aromatic carbocycles. The quantitative estimate of drug-likeness (QED) is 0.299. The first kappa shape index (κ1) is 18.5. The molecule has 0 spiro atoms. The van der Waals surface area contributed by atoms with E-state index in [2.05, 4.69) is 10.6 Å². The zero-order chi connectivity index (χ0) is 17.2. The molecule has 128 valence electrons. The van der Waals surface area contributed by atoms with Gasteiger partial charge in [0.2, 0.25) is 5.91 Å². The zero-order valence-corrected chi connectivity index (χ0v) is 12.7. The molecule has 1 rings (SSSR count). The van der Waals surface area contributed by atoms with Crippen molar-refractivity contribution in [3.8, 4) is 17.2 Å². The molecule has 0 aliphatic heterocycles. The summed E-state index contributed by atoms with van der Waals surface area (Å²) in [5.74, 6) is -2.79. The van der Waals surface area contributed by atoms with Crippen LogP contribution in [0.1, 0.15) is 10.4 Å². The average molecular weight is 328 g/mol. The topological polar surface area (TPSA) is 137 Å². The molecule has 23 heavy (non-hydrogen) atoms. The number of phenols is 3. The lowest BCUT2D eigenvalue weighted by atomic mass is 10.1. The average Bonchev–Trinajstić information content (AvgIpc) is 2.52. The maximum Gasteiger partial charge on any atom is 0.251 e.